The van der Waals surface area contributed by atoms with E-state index in [-0.39, 0.29) is 17.1 Å². The Morgan fingerprint density at radius 2 is 1.96 bits per heavy atom. The van der Waals surface area contributed by atoms with Gasteiger partial charge in [0.2, 0.25) is 0 Å². The van der Waals surface area contributed by atoms with Gasteiger partial charge in [0.05, 0.1) is 12.0 Å². The standard InChI is InChI=1S/C17H13F2NO6/c1-25-16-9-11(4-7-15(16)26-17(18)19)13(21)5-2-10-3-6-14(22)12(8-10)20(23)24/h2-9,17,22H,1H3/b5-2+. The van der Waals surface area contributed by atoms with Gasteiger partial charge in [-0.1, -0.05) is 12.1 Å². The highest BCUT2D eigenvalue weighted by molar-refractivity contribution is 6.07. The average Bonchev–Trinajstić information content (AvgIpc) is 2.60. The molecule has 0 radical (unpaired) electrons. The van der Waals surface area contributed by atoms with Gasteiger partial charge >= 0.3 is 12.3 Å². The van der Waals surface area contributed by atoms with Crippen LogP contribution in [-0.2, 0) is 0 Å². The molecule has 1 N–H and O–H groups in total. The fraction of sp³-hybridized carbons (Fsp3) is 0.118. The number of nitro benzene ring substituents is 1. The van der Waals surface area contributed by atoms with E-state index in [0.29, 0.717) is 5.56 Å². The monoisotopic (exact) mass is 365 g/mol. The van der Waals surface area contributed by atoms with Gasteiger partial charge in [-0.15, -0.1) is 0 Å². The van der Waals surface area contributed by atoms with E-state index in [1.165, 1.54) is 37.5 Å². The summed E-state index contributed by atoms with van der Waals surface area (Å²) < 4.78 is 33.8. The number of methoxy groups -OCH3 is 1. The van der Waals surface area contributed by atoms with Gasteiger partial charge in [0.15, 0.2) is 23.0 Å². The van der Waals surface area contributed by atoms with Crippen LogP contribution in [0.15, 0.2) is 42.5 Å². The molecule has 0 amide bonds. The van der Waals surface area contributed by atoms with Gasteiger partial charge in [-0.2, -0.15) is 8.78 Å². The number of ether oxygens (including phenoxy) is 2. The topological polar surface area (TPSA) is 98.9 Å². The third-order valence-corrected chi connectivity index (χ3v) is 3.29. The van der Waals surface area contributed by atoms with Crippen molar-refractivity contribution in [2.45, 2.75) is 6.61 Å². The number of hydrogen-bond donors (Lipinski definition) is 1. The first kappa shape index (κ1) is 18.8. The van der Waals surface area contributed by atoms with Crippen LogP contribution in [0.4, 0.5) is 14.5 Å². The lowest BCUT2D eigenvalue weighted by atomic mass is 10.1. The molecule has 26 heavy (non-hydrogen) atoms. The molecule has 0 atom stereocenters. The highest BCUT2D eigenvalue weighted by atomic mass is 19.3. The average molecular weight is 365 g/mol. The molecule has 0 aromatic heterocycles. The largest absolute Gasteiger partial charge is 0.502 e. The molecule has 9 heteroatoms. The van der Waals surface area contributed by atoms with Crippen LogP contribution in [-0.4, -0.2) is 29.5 Å². The molecular formula is C17H13F2NO6. The molecule has 0 bridgehead atoms. The van der Waals surface area contributed by atoms with Crippen molar-refractivity contribution >= 4 is 17.5 Å². The Morgan fingerprint density at radius 3 is 2.58 bits per heavy atom. The van der Waals surface area contributed by atoms with Crippen molar-refractivity contribution in [2.24, 2.45) is 0 Å². The van der Waals surface area contributed by atoms with E-state index in [9.17, 15) is 28.8 Å². The van der Waals surface area contributed by atoms with E-state index in [1.54, 1.807) is 0 Å². The normalized spacial score (nSPS) is 10.9. The zero-order valence-corrected chi connectivity index (χ0v) is 13.4. The molecule has 0 saturated carbocycles. The predicted octanol–water partition coefficient (Wildman–Crippen LogP) is 3.81. The lowest BCUT2D eigenvalue weighted by Gasteiger charge is -2.10. The van der Waals surface area contributed by atoms with Crippen LogP contribution >= 0.6 is 0 Å². The minimum Gasteiger partial charge on any atom is -0.502 e. The molecule has 7 nitrogen and oxygen atoms in total. The van der Waals surface area contributed by atoms with Crippen LogP contribution in [0.5, 0.6) is 17.2 Å². The zero-order valence-electron chi connectivity index (χ0n) is 13.4. The Hall–Kier alpha value is -3.49. The maximum Gasteiger partial charge on any atom is 0.387 e. The second-order valence-corrected chi connectivity index (χ2v) is 4.95. The molecule has 0 heterocycles. The van der Waals surface area contributed by atoms with Crippen LogP contribution in [0.25, 0.3) is 6.08 Å². The summed E-state index contributed by atoms with van der Waals surface area (Å²) in [4.78, 5) is 22.2. The van der Waals surface area contributed by atoms with E-state index in [2.05, 4.69) is 4.74 Å². The zero-order chi connectivity index (χ0) is 19.3. The number of hydrogen-bond acceptors (Lipinski definition) is 6. The summed E-state index contributed by atoms with van der Waals surface area (Å²) in [5, 5.41) is 20.2. The number of nitro groups is 1. The minimum absolute atomic E-state index is 0.0372. The van der Waals surface area contributed by atoms with E-state index in [4.69, 9.17) is 4.74 Å². The van der Waals surface area contributed by atoms with Gasteiger partial charge in [-0.05, 0) is 35.9 Å². The van der Waals surface area contributed by atoms with Crippen molar-refractivity contribution in [1.29, 1.82) is 0 Å². The number of carbonyl (C=O) groups excluding carboxylic acids is 1. The molecular weight excluding hydrogens is 352 g/mol. The molecule has 136 valence electrons. The Balaban J connectivity index is 2.23. The Kier molecular flexibility index (Phi) is 5.84. The van der Waals surface area contributed by atoms with Crippen molar-refractivity contribution < 1.29 is 33.1 Å². The van der Waals surface area contributed by atoms with Crippen molar-refractivity contribution in [3.05, 3.63) is 63.7 Å². The van der Waals surface area contributed by atoms with Crippen molar-refractivity contribution in [3.8, 4) is 17.2 Å². The Labute approximate surface area is 146 Å². The molecule has 0 aliphatic heterocycles. The van der Waals surface area contributed by atoms with Crippen LogP contribution < -0.4 is 9.47 Å². The van der Waals surface area contributed by atoms with Crippen molar-refractivity contribution in [2.75, 3.05) is 7.11 Å². The number of ketones is 1. The highest BCUT2D eigenvalue weighted by Crippen LogP contribution is 2.30. The second-order valence-electron chi connectivity index (χ2n) is 4.95. The third kappa shape index (κ3) is 4.53. The Morgan fingerprint density at radius 1 is 1.23 bits per heavy atom. The summed E-state index contributed by atoms with van der Waals surface area (Å²) in [7, 11) is 1.24. The number of benzene rings is 2. The quantitative estimate of drug-likeness (QED) is 0.347. The molecule has 0 unspecified atom stereocenters. The molecule has 0 aliphatic rings. The molecule has 2 rings (SSSR count). The van der Waals surface area contributed by atoms with Crippen LogP contribution in [0.1, 0.15) is 15.9 Å². The smallest absolute Gasteiger partial charge is 0.387 e. The maximum atomic E-state index is 12.3. The summed E-state index contributed by atoms with van der Waals surface area (Å²) in [6, 6.07) is 7.35. The third-order valence-electron chi connectivity index (χ3n) is 3.29. The van der Waals surface area contributed by atoms with Crippen molar-refractivity contribution in [1.82, 2.24) is 0 Å². The van der Waals surface area contributed by atoms with Gasteiger partial charge in [-0.3, -0.25) is 14.9 Å². The predicted molar refractivity (Wildman–Crippen MR) is 87.8 cm³/mol. The van der Waals surface area contributed by atoms with Gasteiger partial charge in [0.25, 0.3) is 0 Å². The molecule has 0 saturated heterocycles. The summed E-state index contributed by atoms with van der Waals surface area (Å²) >= 11 is 0. The van der Waals surface area contributed by atoms with E-state index < -0.39 is 28.8 Å². The number of alkyl halides is 2. The molecule has 2 aromatic carbocycles. The van der Waals surface area contributed by atoms with Gasteiger partial charge in [0.1, 0.15) is 0 Å². The number of phenols is 1. The first-order chi connectivity index (χ1) is 12.3. The fourth-order valence-corrected chi connectivity index (χ4v) is 2.07. The molecule has 0 fully saturated rings. The van der Waals surface area contributed by atoms with Crippen LogP contribution in [0, 0.1) is 10.1 Å². The SMILES string of the molecule is COc1cc(C(=O)/C=C/c2ccc(O)c([N+](=O)[O-])c2)ccc1OC(F)F. The number of allylic oxidation sites excluding steroid dienone is 1. The van der Waals surface area contributed by atoms with Crippen LogP contribution in [0.2, 0.25) is 0 Å². The lowest BCUT2D eigenvalue weighted by molar-refractivity contribution is -0.385. The van der Waals surface area contributed by atoms with Crippen LogP contribution in [0.3, 0.4) is 0 Å². The van der Waals surface area contributed by atoms with E-state index in [0.717, 1.165) is 18.2 Å². The number of phenolic OH excluding ortho intramolecular Hbond substituents is 1. The van der Waals surface area contributed by atoms with Crippen molar-refractivity contribution in [3.63, 3.8) is 0 Å². The number of nitrogens with zero attached hydrogens (tertiary/aromatic N) is 1. The fourth-order valence-electron chi connectivity index (χ4n) is 2.07. The number of halogens is 2. The number of carbonyl (C=O) groups is 1. The summed E-state index contributed by atoms with van der Waals surface area (Å²) in [5.74, 6) is -1.22. The summed E-state index contributed by atoms with van der Waals surface area (Å²) in [5.41, 5.74) is -0.0183. The first-order valence-electron chi connectivity index (χ1n) is 7.14. The van der Waals surface area contributed by atoms with E-state index >= 15 is 0 Å². The summed E-state index contributed by atoms with van der Waals surface area (Å²) in [6.07, 6.45) is 2.48. The van der Waals surface area contributed by atoms with Gasteiger partial charge < -0.3 is 14.6 Å². The van der Waals surface area contributed by atoms with Gasteiger partial charge in [-0.25, -0.2) is 0 Å². The highest BCUT2D eigenvalue weighted by Gasteiger charge is 2.14. The minimum atomic E-state index is -3.03. The molecule has 0 spiro atoms. The Bertz CT molecular complexity index is 866. The molecule has 2 aromatic rings. The maximum absolute atomic E-state index is 12.3. The lowest BCUT2D eigenvalue weighted by Crippen LogP contribution is -2.04. The summed E-state index contributed by atoms with van der Waals surface area (Å²) in [6.45, 7) is -3.03. The second kappa shape index (κ2) is 8.06. The number of aromatic hydroxyl groups is 1. The van der Waals surface area contributed by atoms with Gasteiger partial charge in [0, 0.05) is 11.6 Å². The first-order valence-corrected chi connectivity index (χ1v) is 7.14. The number of rotatable bonds is 7. The van der Waals surface area contributed by atoms with E-state index in [1.807, 2.05) is 0 Å². The molecule has 0 aliphatic carbocycles.